The average Bonchev–Trinajstić information content (AvgIpc) is 3.50. The quantitative estimate of drug-likeness (QED) is 0.241. The second-order valence-corrected chi connectivity index (χ2v) is 11.1. The van der Waals surface area contributed by atoms with Crippen molar-refractivity contribution in [2.45, 2.75) is 6.17 Å². The van der Waals surface area contributed by atoms with E-state index in [0.717, 1.165) is 38.9 Å². The van der Waals surface area contributed by atoms with Gasteiger partial charge in [0.1, 0.15) is 17.0 Å². The fraction of sp³-hybridized carbons (Fsp3) is 0.0278. The Morgan fingerprint density at radius 3 is 2.22 bits per heavy atom. The molecule has 41 heavy (non-hydrogen) atoms. The van der Waals surface area contributed by atoms with Crippen molar-refractivity contribution in [3.8, 4) is 10.6 Å². The first kappa shape index (κ1) is 23.7. The number of rotatable bonds is 4. The number of hydrogen-bond acceptors (Lipinski definition) is 5. The molecule has 1 aliphatic rings. The Bertz CT molecular complexity index is 2120. The summed E-state index contributed by atoms with van der Waals surface area (Å²) in [5, 5.41) is 9.46. The predicted octanol–water partition coefficient (Wildman–Crippen LogP) is 8.77. The van der Waals surface area contributed by atoms with Gasteiger partial charge in [-0.25, -0.2) is 15.0 Å². The second-order valence-electron chi connectivity index (χ2n) is 10.1. The highest BCUT2D eigenvalue weighted by molar-refractivity contribution is 7.22. The lowest BCUT2D eigenvalue weighted by Gasteiger charge is -2.24. The summed E-state index contributed by atoms with van der Waals surface area (Å²) in [4.78, 5) is 15.0. The third kappa shape index (κ3) is 4.28. The van der Waals surface area contributed by atoms with E-state index in [1.807, 2.05) is 36.4 Å². The molecular weight excluding hydrogens is 520 g/mol. The first-order valence-corrected chi connectivity index (χ1v) is 14.5. The maximum Gasteiger partial charge on any atom is 0.159 e. The number of amidine groups is 2. The summed E-state index contributed by atoms with van der Waals surface area (Å²) >= 11 is 1.76. The molecule has 5 heteroatoms. The number of aromatic nitrogens is 1. The van der Waals surface area contributed by atoms with E-state index in [1.165, 1.54) is 31.8 Å². The van der Waals surface area contributed by atoms with Gasteiger partial charge in [0, 0.05) is 22.1 Å². The Morgan fingerprint density at radius 1 is 0.610 bits per heavy atom. The van der Waals surface area contributed by atoms with E-state index in [-0.39, 0.29) is 6.17 Å². The third-order valence-electron chi connectivity index (χ3n) is 7.55. The number of benzene rings is 6. The Balaban J connectivity index is 1.21. The molecule has 0 amide bonds. The van der Waals surface area contributed by atoms with Crippen molar-refractivity contribution in [3.63, 3.8) is 0 Å². The molecule has 4 nitrogen and oxygen atoms in total. The van der Waals surface area contributed by atoms with E-state index in [1.54, 1.807) is 11.3 Å². The Morgan fingerprint density at radius 2 is 1.37 bits per heavy atom. The summed E-state index contributed by atoms with van der Waals surface area (Å²) in [6.45, 7) is 0. The maximum atomic E-state index is 5.05. The fourth-order valence-corrected chi connectivity index (χ4v) is 6.65. The number of hydrogen-bond donors (Lipinski definition) is 1. The molecule has 194 valence electrons. The number of fused-ring (bicyclic) bond motifs is 4. The minimum atomic E-state index is -0.259. The van der Waals surface area contributed by atoms with Gasteiger partial charge in [-0.1, -0.05) is 121 Å². The Hall–Kier alpha value is -5.13. The lowest BCUT2D eigenvalue weighted by atomic mass is 10.0. The van der Waals surface area contributed by atoms with Crippen LogP contribution in [0, 0.1) is 0 Å². The molecule has 0 saturated carbocycles. The van der Waals surface area contributed by atoms with Crippen molar-refractivity contribution in [2.75, 3.05) is 0 Å². The molecule has 8 rings (SSSR count). The summed E-state index contributed by atoms with van der Waals surface area (Å²) < 4.78 is 1.20. The normalized spacial score (nSPS) is 15.1. The van der Waals surface area contributed by atoms with E-state index in [9.17, 15) is 0 Å². The van der Waals surface area contributed by atoms with Gasteiger partial charge in [-0.15, -0.1) is 11.3 Å². The molecule has 2 heterocycles. The van der Waals surface area contributed by atoms with Crippen LogP contribution >= 0.6 is 11.3 Å². The largest absolute Gasteiger partial charge is 0.344 e. The van der Waals surface area contributed by atoms with Crippen LogP contribution in [0.5, 0.6) is 0 Å². The van der Waals surface area contributed by atoms with Gasteiger partial charge in [-0.05, 0) is 33.9 Å². The predicted molar refractivity (Wildman–Crippen MR) is 172 cm³/mol. The highest BCUT2D eigenvalue weighted by atomic mass is 32.1. The highest BCUT2D eigenvalue weighted by Gasteiger charge is 2.21. The molecule has 0 spiro atoms. The number of nitrogens with zero attached hydrogens (tertiary/aromatic N) is 3. The summed E-state index contributed by atoms with van der Waals surface area (Å²) in [6.07, 6.45) is -0.259. The molecular formula is C36H24N4S. The van der Waals surface area contributed by atoms with E-state index >= 15 is 0 Å². The van der Waals surface area contributed by atoms with Crippen molar-refractivity contribution < 1.29 is 0 Å². The first-order valence-electron chi connectivity index (χ1n) is 13.7. The van der Waals surface area contributed by atoms with E-state index in [0.29, 0.717) is 0 Å². The van der Waals surface area contributed by atoms with E-state index in [2.05, 4.69) is 102 Å². The van der Waals surface area contributed by atoms with Crippen LogP contribution in [0.2, 0.25) is 0 Å². The molecule has 0 saturated heterocycles. The molecule has 0 bridgehead atoms. The average molecular weight is 545 g/mol. The zero-order chi connectivity index (χ0) is 27.2. The van der Waals surface area contributed by atoms with E-state index < -0.39 is 0 Å². The summed E-state index contributed by atoms with van der Waals surface area (Å²) in [6, 6.07) is 46.3. The SMILES string of the molecule is c1ccc(C2=NC(c3ccc4c(ccc5nc(-c6cccc7ccccc67)sc54)c3)NC(c3ccccc3)=N2)cc1. The summed E-state index contributed by atoms with van der Waals surface area (Å²) in [7, 11) is 0. The van der Waals surface area contributed by atoms with Gasteiger partial charge in [-0.2, -0.15) is 0 Å². The topological polar surface area (TPSA) is 49.6 Å². The molecule has 1 atom stereocenters. The van der Waals surface area contributed by atoms with Gasteiger partial charge in [0.2, 0.25) is 0 Å². The number of nitrogens with one attached hydrogen (secondary N) is 1. The second kappa shape index (κ2) is 9.81. The van der Waals surface area contributed by atoms with Crippen LogP contribution in [0.1, 0.15) is 22.9 Å². The number of thiazole rings is 1. The Kier molecular flexibility index (Phi) is 5.68. The zero-order valence-electron chi connectivity index (χ0n) is 22.0. The van der Waals surface area contributed by atoms with Crippen LogP contribution in [0.3, 0.4) is 0 Å². The monoisotopic (exact) mass is 544 g/mol. The molecule has 1 unspecified atom stereocenters. The summed E-state index contributed by atoms with van der Waals surface area (Å²) in [5.74, 6) is 1.55. The Labute approximate surface area is 241 Å². The van der Waals surface area contributed by atoms with Gasteiger partial charge in [0.05, 0.1) is 10.2 Å². The molecule has 7 aromatic rings. The van der Waals surface area contributed by atoms with Gasteiger partial charge < -0.3 is 5.32 Å². The van der Waals surface area contributed by atoms with Crippen molar-refractivity contribution in [3.05, 3.63) is 150 Å². The standard InChI is InChI=1S/C36H24N4S/c1-3-11-24(12-4-1)33-38-34(25-13-5-2-6-14-25)40-35(39-33)27-18-20-29-26(22-27)19-21-31-32(29)41-36(37-31)30-17-9-15-23-10-7-8-16-28(23)30/h1-22,35H,(H,38,39,40). The first-order chi connectivity index (χ1) is 20.3. The maximum absolute atomic E-state index is 5.05. The van der Waals surface area contributed by atoms with Crippen LogP contribution in [0.25, 0.3) is 42.3 Å². The molecule has 1 aromatic heterocycles. The highest BCUT2D eigenvalue weighted by Crippen LogP contribution is 2.38. The van der Waals surface area contributed by atoms with Crippen LogP contribution in [-0.4, -0.2) is 16.7 Å². The van der Waals surface area contributed by atoms with Gasteiger partial charge in [0.25, 0.3) is 0 Å². The molecule has 0 fully saturated rings. The molecule has 1 N–H and O–H groups in total. The summed E-state index contributed by atoms with van der Waals surface area (Å²) in [5.41, 5.74) is 5.33. The lowest BCUT2D eigenvalue weighted by molar-refractivity contribution is 0.675. The van der Waals surface area contributed by atoms with Gasteiger partial charge in [0.15, 0.2) is 5.84 Å². The van der Waals surface area contributed by atoms with Crippen LogP contribution in [-0.2, 0) is 0 Å². The van der Waals surface area contributed by atoms with Gasteiger partial charge >= 0.3 is 0 Å². The van der Waals surface area contributed by atoms with Crippen molar-refractivity contribution >= 4 is 54.8 Å². The van der Waals surface area contributed by atoms with Crippen LogP contribution in [0.4, 0.5) is 0 Å². The smallest absolute Gasteiger partial charge is 0.159 e. The molecule has 1 aliphatic heterocycles. The van der Waals surface area contributed by atoms with Crippen molar-refractivity contribution in [2.24, 2.45) is 9.98 Å². The lowest BCUT2D eigenvalue weighted by Crippen LogP contribution is -2.33. The van der Waals surface area contributed by atoms with E-state index in [4.69, 9.17) is 15.0 Å². The van der Waals surface area contributed by atoms with Crippen LogP contribution in [0.15, 0.2) is 143 Å². The van der Waals surface area contributed by atoms with Gasteiger partial charge in [-0.3, -0.25) is 0 Å². The minimum absolute atomic E-state index is 0.259. The fourth-order valence-electron chi connectivity index (χ4n) is 5.51. The molecule has 6 aromatic carbocycles. The molecule has 0 radical (unpaired) electrons. The number of aliphatic imine (C=N–C) groups is 2. The third-order valence-corrected chi connectivity index (χ3v) is 8.69. The molecule has 0 aliphatic carbocycles. The van der Waals surface area contributed by atoms with Crippen LogP contribution < -0.4 is 5.32 Å². The van der Waals surface area contributed by atoms with Crippen molar-refractivity contribution in [1.82, 2.24) is 10.3 Å². The zero-order valence-corrected chi connectivity index (χ0v) is 22.8. The minimum Gasteiger partial charge on any atom is -0.344 e. The van der Waals surface area contributed by atoms with Crippen molar-refractivity contribution in [1.29, 1.82) is 0 Å².